The molecule has 0 unspecified atom stereocenters. The van der Waals surface area contributed by atoms with Crippen molar-refractivity contribution < 1.29 is 13.2 Å². The number of pyridine rings is 1. The summed E-state index contributed by atoms with van der Waals surface area (Å²) in [5.41, 5.74) is -1.22. The van der Waals surface area contributed by atoms with Gasteiger partial charge in [0.15, 0.2) is 0 Å². The molecule has 0 radical (unpaired) electrons. The third kappa shape index (κ3) is 2.16. The zero-order chi connectivity index (χ0) is 10.9. The number of alkyl halides is 3. The van der Waals surface area contributed by atoms with Crippen LogP contribution in [0.15, 0.2) is 23.1 Å². The molecular weight excluding hydrogens is 195 g/mol. The van der Waals surface area contributed by atoms with E-state index in [1.54, 1.807) is 13.8 Å². The molecule has 0 bridgehead atoms. The summed E-state index contributed by atoms with van der Waals surface area (Å²) in [6.45, 7) is 3.31. The van der Waals surface area contributed by atoms with E-state index in [0.717, 1.165) is 22.9 Å². The van der Waals surface area contributed by atoms with Crippen LogP contribution in [0.2, 0.25) is 0 Å². The molecule has 1 aromatic rings. The first kappa shape index (κ1) is 10.8. The Kier molecular flexibility index (Phi) is 2.69. The summed E-state index contributed by atoms with van der Waals surface area (Å²) in [6, 6.07) is 1.45. The van der Waals surface area contributed by atoms with Gasteiger partial charge in [-0.2, -0.15) is 13.2 Å². The average Bonchev–Trinajstić information content (AvgIpc) is 2.02. The highest BCUT2D eigenvalue weighted by molar-refractivity contribution is 5.14. The van der Waals surface area contributed by atoms with Gasteiger partial charge in [0, 0.05) is 18.3 Å². The summed E-state index contributed by atoms with van der Waals surface area (Å²) in [4.78, 5) is 11.1. The maximum atomic E-state index is 12.2. The first-order valence-corrected chi connectivity index (χ1v) is 4.12. The predicted molar refractivity (Wildman–Crippen MR) is 46.1 cm³/mol. The lowest BCUT2D eigenvalue weighted by molar-refractivity contribution is -0.138. The zero-order valence-electron chi connectivity index (χ0n) is 7.80. The Morgan fingerprint density at radius 2 is 1.86 bits per heavy atom. The molecule has 2 nitrogen and oxygen atoms in total. The maximum Gasteiger partial charge on any atom is 0.417 e. The highest BCUT2D eigenvalue weighted by Gasteiger charge is 2.31. The van der Waals surface area contributed by atoms with Gasteiger partial charge < -0.3 is 4.57 Å². The average molecular weight is 205 g/mol. The standard InChI is InChI=1S/C9H10F3NO/c1-6(2)13-5-7(9(10,11)12)3-4-8(13)14/h3-6H,1-2H3. The Morgan fingerprint density at radius 1 is 1.29 bits per heavy atom. The normalized spacial score (nSPS) is 12.1. The summed E-state index contributed by atoms with van der Waals surface area (Å²) < 4.78 is 37.8. The topological polar surface area (TPSA) is 22.0 Å². The van der Waals surface area contributed by atoms with Crippen LogP contribution in [0.25, 0.3) is 0 Å². The largest absolute Gasteiger partial charge is 0.417 e. The SMILES string of the molecule is CC(C)n1cc(C(F)(F)F)ccc1=O. The number of halogens is 3. The highest BCUT2D eigenvalue weighted by Crippen LogP contribution is 2.28. The number of hydrogen-bond acceptors (Lipinski definition) is 1. The monoisotopic (exact) mass is 205 g/mol. The molecule has 0 amide bonds. The first-order chi connectivity index (χ1) is 6.32. The molecule has 0 fully saturated rings. The third-order valence-electron chi connectivity index (χ3n) is 1.82. The second-order valence-electron chi connectivity index (χ2n) is 3.25. The maximum absolute atomic E-state index is 12.2. The highest BCUT2D eigenvalue weighted by atomic mass is 19.4. The molecule has 0 aliphatic carbocycles. The molecule has 0 aliphatic rings. The fraction of sp³-hybridized carbons (Fsp3) is 0.444. The molecule has 1 rings (SSSR count). The van der Waals surface area contributed by atoms with Crippen LogP contribution >= 0.6 is 0 Å². The summed E-state index contributed by atoms with van der Waals surface area (Å²) in [7, 11) is 0. The lowest BCUT2D eigenvalue weighted by atomic mass is 10.2. The number of rotatable bonds is 1. The number of aromatic nitrogens is 1. The molecular formula is C9H10F3NO. The van der Waals surface area contributed by atoms with Crippen molar-refractivity contribution in [1.82, 2.24) is 4.57 Å². The van der Waals surface area contributed by atoms with Crippen LogP contribution in [0.4, 0.5) is 13.2 Å². The van der Waals surface area contributed by atoms with Gasteiger partial charge >= 0.3 is 6.18 Å². The van der Waals surface area contributed by atoms with E-state index in [2.05, 4.69) is 0 Å². The van der Waals surface area contributed by atoms with Crippen molar-refractivity contribution in [3.63, 3.8) is 0 Å². The molecule has 78 valence electrons. The molecule has 14 heavy (non-hydrogen) atoms. The Balaban J connectivity index is 3.27. The van der Waals surface area contributed by atoms with Crippen LogP contribution in [-0.2, 0) is 6.18 Å². The Bertz CT molecular complexity index is 378. The minimum absolute atomic E-state index is 0.273. The third-order valence-corrected chi connectivity index (χ3v) is 1.82. The van der Waals surface area contributed by atoms with Crippen LogP contribution in [0.3, 0.4) is 0 Å². The van der Waals surface area contributed by atoms with E-state index in [-0.39, 0.29) is 6.04 Å². The zero-order valence-corrected chi connectivity index (χ0v) is 7.80. The van der Waals surface area contributed by atoms with Gasteiger partial charge in [0.05, 0.1) is 5.56 Å². The van der Waals surface area contributed by atoms with E-state index < -0.39 is 17.3 Å². The van der Waals surface area contributed by atoms with Gasteiger partial charge in [0.25, 0.3) is 5.56 Å². The summed E-state index contributed by atoms with van der Waals surface area (Å²) in [5.74, 6) is 0. The smallest absolute Gasteiger partial charge is 0.312 e. The quantitative estimate of drug-likeness (QED) is 0.690. The molecule has 0 N–H and O–H groups in total. The number of hydrogen-bond donors (Lipinski definition) is 0. The Hall–Kier alpha value is -1.26. The van der Waals surface area contributed by atoms with Crippen LogP contribution in [0.5, 0.6) is 0 Å². The minimum Gasteiger partial charge on any atom is -0.312 e. The first-order valence-electron chi connectivity index (χ1n) is 4.12. The molecule has 5 heteroatoms. The molecule has 0 saturated heterocycles. The molecule has 0 saturated carbocycles. The summed E-state index contributed by atoms with van der Waals surface area (Å²) >= 11 is 0. The summed E-state index contributed by atoms with van der Waals surface area (Å²) in [6.07, 6.45) is -3.56. The van der Waals surface area contributed by atoms with E-state index >= 15 is 0 Å². The van der Waals surface area contributed by atoms with E-state index in [9.17, 15) is 18.0 Å². The van der Waals surface area contributed by atoms with Gasteiger partial charge in [0.2, 0.25) is 0 Å². The van der Waals surface area contributed by atoms with Crippen LogP contribution in [-0.4, -0.2) is 4.57 Å². The fourth-order valence-corrected chi connectivity index (χ4v) is 1.07. The summed E-state index contributed by atoms with van der Waals surface area (Å²) in [5, 5.41) is 0. The fourth-order valence-electron chi connectivity index (χ4n) is 1.07. The minimum atomic E-state index is -4.40. The van der Waals surface area contributed by atoms with Crippen molar-refractivity contribution in [3.8, 4) is 0 Å². The van der Waals surface area contributed by atoms with Crippen molar-refractivity contribution in [1.29, 1.82) is 0 Å². The van der Waals surface area contributed by atoms with Gasteiger partial charge in [-0.15, -0.1) is 0 Å². The van der Waals surface area contributed by atoms with Crippen molar-refractivity contribution in [2.45, 2.75) is 26.1 Å². The van der Waals surface area contributed by atoms with Gasteiger partial charge in [-0.05, 0) is 19.9 Å². The van der Waals surface area contributed by atoms with Crippen molar-refractivity contribution in [2.75, 3.05) is 0 Å². The van der Waals surface area contributed by atoms with E-state index in [0.29, 0.717) is 0 Å². The molecule has 0 aromatic carbocycles. The van der Waals surface area contributed by atoms with Gasteiger partial charge in [-0.3, -0.25) is 4.79 Å². The molecule has 0 aliphatic heterocycles. The van der Waals surface area contributed by atoms with Crippen molar-refractivity contribution >= 4 is 0 Å². The lowest BCUT2D eigenvalue weighted by Crippen LogP contribution is -2.22. The molecule has 1 aromatic heterocycles. The van der Waals surface area contributed by atoms with Gasteiger partial charge in [-0.25, -0.2) is 0 Å². The Labute approximate surface area is 79.0 Å². The Morgan fingerprint density at radius 3 is 2.29 bits per heavy atom. The van der Waals surface area contributed by atoms with Crippen LogP contribution in [0.1, 0.15) is 25.5 Å². The number of nitrogens with zero attached hydrogens (tertiary/aromatic N) is 1. The molecule has 0 spiro atoms. The van der Waals surface area contributed by atoms with E-state index in [1.807, 2.05) is 0 Å². The predicted octanol–water partition coefficient (Wildman–Crippen LogP) is 2.45. The van der Waals surface area contributed by atoms with Crippen LogP contribution in [0, 0.1) is 0 Å². The molecule has 0 atom stereocenters. The van der Waals surface area contributed by atoms with E-state index in [1.165, 1.54) is 0 Å². The van der Waals surface area contributed by atoms with Crippen molar-refractivity contribution in [3.05, 3.63) is 34.2 Å². The second kappa shape index (κ2) is 3.48. The van der Waals surface area contributed by atoms with Gasteiger partial charge in [-0.1, -0.05) is 0 Å². The van der Waals surface area contributed by atoms with Crippen LogP contribution < -0.4 is 5.56 Å². The van der Waals surface area contributed by atoms with Crippen molar-refractivity contribution in [2.24, 2.45) is 0 Å². The second-order valence-corrected chi connectivity index (χ2v) is 3.25. The lowest BCUT2D eigenvalue weighted by Gasteiger charge is -2.12. The molecule has 1 heterocycles. The van der Waals surface area contributed by atoms with E-state index in [4.69, 9.17) is 0 Å². The van der Waals surface area contributed by atoms with Gasteiger partial charge in [0.1, 0.15) is 0 Å².